The molecule has 0 radical (unpaired) electrons. The van der Waals surface area contributed by atoms with Crippen molar-refractivity contribution in [1.29, 1.82) is 0 Å². The molecule has 162 valence electrons. The molecule has 9 heteroatoms. The Morgan fingerprint density at radius 3 is 2.53 bits per heavy atom. The predicted molar refractivity (Wildman–Crippen MR) is 126 cm³/mol. The van der Waals surface area contributed by atoms with Crippen LogP contribution in [0.4, 0.5) is 0 Å². The van der Waals surface area contributed by atoms with E-state index in [2.05, 4.69) is 5.10 Å². The molecular formula is C23H19ClN4O3S. The first-order valence-corrected chi connectivity index (χ1v) is 11.4. The molecule has 0 aliphatic carbocycles. The van der Waals surface area contributed by atoms with Crippen LogP contribution in [0.1, 0.15) is 18.1 Å². The zero-order valence-electron chi connectivity index (χ0n) is 17.2. The summed E-state index contributed by atoms with van der Waals surface area (Å²) in [4.78, 5) is 26.7. The summed E-state index contributed by atoms with van der Waals surface area (Å²) in [5.41, 5.74) is 1.65. The van der Waals surface area contributed by atoms with E-state index >= 15 is 0 Å². The number of halogens is 1. The summed E-state index contributed by atoms with van der Waals surface area (Å²) in [5, 5.41) is 6.91. The Bertz CT molecular complexity index is 1560. The maximum Gasteiger partial charge on any atom is 0.352 e. The van der Waals surface area contributed by atoms with Gasteiger partial charge in [0.25, 0.3) is 5.56 Å². The monoisotopic (exact) mass is 466 g/mol. The molecule has 2 aromatic carbocycles. The van der Waals surface area contributed by atoms with Crippen molar-refractivity contribution in [2.75, 3.05) is 6.61 Å². The molecule has 0 N–H and O–H groups in total. The van der Waals surface area contributed by atoms with Crippen LogP contribution in [0.15, 0.2) is 69.6 Å². The largest absolute Gasteiger partial charge is 0.494 e. The van der Waals surface area contributed by atoms with Gasteiger partial charge in [-0.05, 0) is 36.1 Å². The van der Waals surface area contributed by atoms with Crippen LogP contribution in [0.2, 0.25) is 5.02 Å². The van der Waals surface area contributed by atoms with Crippen molar-refractivity contribution in [2.45, 2.75) is 20.0 Å². The standard InChI is InChI=1S/C23H19ClN4O3S/c1-2-31-19-10-6-4-8-16(19)13-26-21(29)20-18(11-12-32-20)28-22(26)25-27(23(28)30)14-15-7-3-5-9-17(15)24/h3-12H,2,13-14H2,1H3. The minimum Gasteiger partial charge on any atom is -0.494 e. The van der Waals surface area contributed by atoms with Gasteiger partial charge in [-0.3, -0.25) is 9.36 Å². The lowest BCUT2D eigenvalue weighted by molar-refractivity contribution is 0.336. The Morgan fingerprint density at radius 1 is 1.00 bits per heavy atom. The van der Waals surface area contributed by atoms with Gasteiger partial charge in [-0.25, -0.2) is 13.9 Å². The van der Waals surface area contributed by atoms with Crippen molar-refractivity contribution >= 4 is 38.9 Å². The fourth-order valence-corrected chi connectivity index (χ4v) is 4.79. The number of rotatable bonds is 6. The van der Waals surface area contributed by atoms with E-state index in [1.54, 1.807) is 12.1 Å². The fourth-order valence-electron chi connectivity index (χ4n) is 3.77. The van der Waals surface area contributed by atoms with E-state index in [0.29, 0.717) is 27.6 Å². The fraction of sp³-hybridized carbons (Fsp3) is 0.174. The van der Waals surface area contributed by atoms with E-state index in [1.807, 2.05) is 54.8 Å². The number of ether oxygens (including phenoxy) is 1. The van der Waals surface area contributed by atoms with Crippen LogP contribution in [0.5, 0.6) is 5.75 Å². The summed E-state index contributed by atoms with van der Waals surface area (Å²) in [5.74, 6) is 0.980. The molecule has 0 aliphatic heterocycles. The van der Waals surface area contributed by atoms with Gasteiger partial charge in [-0.15, -0.1) is 16.4 Å². The topological polar surface area (TPSA) is 70.5 Å². The van der Waals surface area contributed by atoms with Gasteiger partial charge < -0.3 is 4.74 Å². The number of para-hydroxylation sites is 1. The normalized spacial score (nSPS) is 11.4. The molecule has 0 saturated carbocycles. The van der Waals surface area contributed by atoms with Crippen molar-refractivity contribution < 1.29 is 4.74 Å². The molecular weight excluding hydrogens is 448 g/mol. The second kappa shape index (κ2) is 8.29. The summed E-state index contributed by atoms with van der Waals surface area (Å²) in [6, 6.07) is 16.7. The highest BCUT2D eigenvalue weighted by atomic mass is 35.5. The Kier molecular flexibility index (Phi) is 5.32. The van der Waals surface area contributed by atoms with Crippen molar-refractivity contribution in [3.63, 3.8) is 0 Å². The van der Waals surface area contributed by atoms with Gasteiger partial charge in [-0.2, -0.15) is 0 Å². The van der Waals surface area contributed by atoms with Crippen LogP contribution in [0.3, 0.4) is 0 Å². The van der Waals surface area contributed by atoms with Gasteiger partial charge >= 0.3 is 5.69 Å². The van der Waals surface area contributed by atoms with E-state index in [0.717, 1.165) is 11.1 Å². The third-order valence-corrected chi connectivity index (χ3v) is 6.53. The van der Waals surface area contributed by atoms with Crippen LogP contribution in [0, 0.1) is 0 Å². The molecule has 0 fully saturated rings. The summed E-state index contributed by atoms with van der Waals surface area (Å²) >= 11 is 7.61. The molecule has 0 unspecified atom stereocenters. The molecule has 5 aromatic rings. The van der Waals surface area contributed by atoms with Gasteiger partial charge in [0.1, 0.15) is 10.4 Å². The first-order valence-electron chi connectivity index (χ1n) is 10.1. The molecule has 0 atom stereocenters. The maximum atomic E-state index is 13.4. The highest BCUT2D eigenvalue weighted by molar-refractivity contribution is 7.17. The highest BCUT2D eigenvalue weighted by Crippen LogP contribution is 2.22. The van der Waals surface area contributed by atoms with Gasteiger partial charge in [0.05, 0.1) is 25.2 Å². The second-order valence-corrected chi connectivity index (χ2v) is 8.56. The number of hydrogen-bond acceptors (Lipinski definition) is 5. The third-order valence-electron chi connectivity index (χ3n) is 5.27. The van der Waals surface area contributed by atoms with E-state index in [-0.39, 0.29) is 30.1 Å². The molecule has 0 aliphatic rings. The lowest BCUT2D eigenvalue weighted by Crippen LogP contribution is -2.26. The van der Waals surface area contributed by atoms with Gasteiger partial charge in [0.15, 0.2) is 0 Å². The van der Waals surface area contributed by atoms with Gasteiger partial charge in [0.2, 0.25) is 5.78 Å². The maximum absolute atomic E-state index is 13.4. The Hall–Kier alpha value is -3.36. The lowest BCUT2D eigenvalue weighted by atomic mass is 10.2. The zero-order chi connectivity index (χ0) is 22.2. The number of benzene rings is 2. The average molecular weight is 467 g/mol. The van der Waals surface area contributed by atoms with Gasteiger partial charge in [0, 0.05) is 10.6 Å². The molecule has 0 amide bonds. The predicted octanol–water partition coefficient (Wildman–Crippen LogP) is 4.02. The van der Waals surface area contributed by atoms with Crippen molar-refractivity contribution in [3.05, 3.63) is 97.0 Å². The van der Waals surface area contributed by atoms with Gasteiger partial charge in [-0.1, -0.05) is 48.0 Å². The lowest BCUT2D eigenvalue weighted by Gasteiger charge is -2.12. The molecule has 3 heterocycles. The second-order valence-electron chi connectivity index (χ2n) is 7.23. The van der Waals surface area contributed by atoms with Crippen molar-refractivity contribution in [1.82, 2.24) is 18.7 Å². The average Bonchev–Trinajstić information content (AvgIpc) is 3.39. The molecule has 7 nitrogen and oxygen atoms in total. The van der Waals surface area contributed by atoms with E-state index in [4.69, 9.17) is 16.3 Å². The van der Waals surface area contributed by atoms with Crippen molar-refractivity contribution in [3.8, 4) is 5.75 Å². The number of nitrogens with zero attached hydrogens (tertiary/aromatic N) is 4. The van der Waals surface area contributed by atoms with Crippen LogP contribution >= 0.6 is 22.9 Å². The Labute approximate surface area is 191 Å². The van der Waals surface area contributed by atoms with E-state index in [1.165, 1.54) is 25.0 Å². The number of thiophene rings is 1. The first-order chi connectivity index (χ1) is 15.6. The summed E-state index contributed by atoms with van der Waals surface area (Å²) in [6.07, 6.45) is 0. The number of fused-ring (bicyclic) bond motifs is 3. The molecule has 0 spiro atoms. The minimum atomic E-state index is -0.324. The SMILES string of the molecule is CCOc1ccccc1Cn1c(=O)c2sccc2n2c(=O)n(Cc3ccccc3Cl)nc12. The quantitative estimate of drug-likeness (QED) is 0.379. The molecule has 0 bridgehead atoms. The van der Waals surface area contributed by atoms with Crippen molar-refractivity contribution in [2.24, 2.45) is 0 Å². The number of hydrogen-bond donors (Lipinski definition) is 0. The molecule has 0 saturated heterocycles. The number of aromatic nitrogens is 4. The minimum absolute atomic E-state index is 0.191. The van der Waals surface area contributed by atoms with E-state index < -0.39 is 0 Å². The van der Waals surface area contributed by atoms with Crippen LogP contribution in [-0.4, -0.2) is 25.4 Å². The molecule has 5 rings (SSSR count). The van der Waals surface area contributed by atoms with Crippen LogP contribution in [-0.2, 0) is 13.1 Å². The highest BCUT2D eigenvalue weighted by Gasteiger charge is 2.19. The van der Waals surface area contributed by atoms with E-state index in [9.17, 15) is 9.59 Å². The van der Waals surface area contributed by atoms with Crippen LogP contribution in [0.25, 0.3) is 16.0 Å². The zero-order valence-corrected chi connectivity index (χ0v) is 18.8. The summed E-state index contributed by atoms with van der Waals surface area (Å²) in [7, 11) is 0. The summed E-state index contributed by atoms with van der Waals surface area (Å²) < 4.78 is 10.6. The van der Waals surface area contributed by atoms with Crippen LogP contribution < -0.4 is 16.0 Å². The molecule has 3 aromatic heterocycles. The molecule has 32 heavy (non-hydrogen) atoms. The Morgan fingerprint density at radius 2 is 1.75 bits per heavy atom. The summed E-state index contributed by atoms with van der Waals surface area (Å²) in [6.45, 7) is 2.86. The first kappa shape index (κ1) is 20.5. The smallest absolute Gasteiger partial charge is 0.352 e. The Balaban J connectivity index is 1.72. The third kappa shape index (κ3) is 3.41.